The molecule has 0 aromatic carbocycles. The van der Waals surface area contributed by atoms with Crippen molar-refractivity contribution < 1.29 is 5.11 Å². The molecule has 1 unspecified atom stereocenters. The van der Waals surface area contributed by atoms with Gasteiger partial charge in [-0.15, -0.1) is 11.3 Å². The summed E-state index contributed by atoms with van der Waals surface area (Å²) in [6, 6.07) is 0. The Morgan fingerprint density at radius 3 is 2.83 bits per heavy atom. The minimum absolute atomic E-state index is 0.00431. The highest BCUT2D eigenvalue weighted by Crippen LogP contribution is 2.17. The largest absolute Gasteiger partial charge is 0.394 e. The molecule has 1 aromatic rings. The van der Waals surface area contributed by atoms with Crippen molar-refractivity contribution in [2.75, 3.05) is 6.61 Å². The van der Waals surface area contributed by atoms with Gasteiger partial charge in [0.05, 0.1) is 17.8 Å². The average Bonchev–Trinajstić information content (AvgIpc) is 2.36. The summed E-state index contributed by atoms with van der Waals surface area (Å²) in [7, 11) is 0. The van der Waals surface area contributed by atoms with Gasteiger partial charge in [-0.05, 0) is 13.8 Å². The van der Waals surface area contributed by atoms with E-state index in [0.717, 1.165) is 10.6 Å². The summed E-state index contributed by atoms with van der Waals surface area (Å²) >= 11 is 1.59. The normalized spacial score (nSPS) is 16.0. The number of aromatic nitrogens is 1. The van der Waals surface area contributed by atoms with Crippen LogP contribution in [0.3, 0.4) is 0 Å². The van der Waals surface area contributed by atoms with Crippen LogP contribution in [-0.2, 0) is 6.42 Å². The molecule has 0 saturated carbocycles. The summed E-state index contributed by atoms with van der Waals surface area (Å²) in [6.45, 7) is 3.80. The molecular formula is C8H14N2OS. The Morgan fingerprint density at radius 2 is 2.42 bits per heavy atom. The number of thiazole rings is 1. The van der Waals surface area contributed by atoms with Crippen LogP contribution in [0.15, 0.2) is 5.51 Å². The second kappa shape index (κ2) is 3.51. The molecular weight excluding hydrogens is 172 g/mol. The van der Waals surface area contributed by atoms with Gasteiger partial charge in [-0.3, -0.25) is 0 Å². The van der Waals surface area contributed by atoms with E-state index in [0.29, 0.717) is 6.42 Å². The van der Waals surface area contributed by atoms with Crippen molar-refractivity contribution >= 4 is 11.3 Å². The minimum Gasteiger partial charge on any atom is -0.394 e. The number of rotatable bonds is 3. The van der Waals surface area contributed by atoms with E-state index < -0.39 is 5.54 Å². The van der Waals surface area contributed by atoms with Crippen molar-refractivity contribution in [2.45, 2.75) is 25.8 Å². The third kappa shape index (κ3) is 2.27. The number of hydrogen-bond acceptors (Lipinski definition) is 4. The van der Waals surface area contributed by atoms with Crippen molar-refractivity contribution in [1.82, 2.24) is 4.98 Å². The van der Waals surface area contributed by atoms with Crippen molar-refractivity contribution in [2.24, 2.45) is 5.73 Å². The summed E-state index contributed by atoms with van der Waals surface area (Å²) in [5.41, 5.74) is 8.11. The van der Waals surface area contributed by atoms with Crippen LogP contribution in [0.25, 0.3) is 0 Å². The van der Waals surface area contributed by atoms with Gasteiger partial charge in [0.1, 0.15) is 0 Å². The molecule has 3 N–H and O–H groups in total. The monoisotopic (exact) mass is 186 g/mol. The number of hydrogen-bond donors (Lipinski definition) is 2. The summed E-state index contributed by atoms with van der Waals surface area (Å²) in [5, 5.41) is 8.94. The molecule has 1 atom stereocenters. The van der Waals surface area contributed by atoms with E-state index in [4.69, 9.17) is 10.8 Å². The van der Waals surface area contributed by atoms with Gasteiger partial charge < -0.3 is 10.8 Å². The molecule has 0 fully saturated rings. The summed E-state index contributed by atoms with van der Waals surface area (Å²) in [5.74, 6) is 0. The Kier molecular flexibility index (Phi) is 2.82. The molecule has 1 heterocycles. The van der Waals surface area contributed by atoms with Gasteiger partial charge in [-0.2, -0.15) is 0 Å². The van der Waals surface area contributed by atoms with Crippen LogP contribution in [-0.4, -0.2) is 22.2 Å². The van der Waals surface area contributed by atoms with Crippen molar-refractivity contribution in [1.29, 1.82) is 0 Å². The number of nitrogens with two attached hydrogens (primary N) is 1. The summed E-state index contributed by atoms with van der Waals surface area (Å²) < 4.78 is 0. The quantitative estimate of drug-likeness (QED) is 0.730. The SMILES string of the molecule is Cc1ncsc1CC(C)(N)CO. The fourth-order valence-electron chi connectivity index (χ4n) is 0.919. The Hall–Kier alpha value is -0.450. The summed E-state index contributed by atoms with van der Waals surface area (Å²) in [6.07, 6.45) is 0.694. The fourth-order valence-corrected chi connectivity index (χ4v) is 1.89. The number of nitrogens with zero attached hydrogens (tertiary/aromatic N) is 1. The van der Waals surface area contributed by atoms with E-state index in [9.17, 15) is 0 Å². The lowest BCUT2D eigenvalue weighted by Crippen LogP contribution is -2.42. The zero-order chi connectivity index (χ0) is 9.19. The van der Waals surface area contributed by atoms with Crippen LogP contribution in [0.2, 0.25) is 0 Å². The predicted octanol–water partition coefficient (Wildman–Crippen LogP) is 0.704. The Balaban J connectivity index is 2.70. The Labute approximate surface area is 76.3 Å². The lowest BCUT2D eigenvalue weighted by Gasteiger charge is -2.20. The maximum absolute atomic E-state index is 8.94. The number of aliphatic hydroxyl groups is 1. The van der Waals surface area contributed by atoms with E-state index in [1.807, 2.05) is 13.8 Å². The molecule has 12 heavy (non-hydrogen) atoms. The Bertz CT molecular complexity index is 257. The highest BCUT2D eigenvalue weighted by molar-refractivity contribution is 7.09. The molecule has 4 heteroatoms. The first kappa shape index (κ1) is 9.64. The van der Waals surface area contributed by atoms with Gasteiger partial charge in [0.15, 0.2) is 0 Å². The van der Waals surface area contributed by atoms with E-state index in [1.54, 1.807) is 16.8 Å². The molecule has 0 aliphatic carbocycles. The molecule has 68 valence electrons. The zero-order valence-electron chi connectivity index (χ0n) is 7.37. The molecule has 0 amide bonds. The first-order valence-corrected chi connectivity index (χ1v) is 4.72. The molecule has 0 bridgehead atoms. The zero-order valence-corrected chi connectivity index (χ0v) is 8.19. The van der Waals surface area contributed by atoms with E-state index in [-0.39, 0.29) is 6.61 Å². The maximum Gasteiger partial charge on any atom is 0.0797 e. The van der Waals surface area contributed by atoms with Crippen LogP contribution < -0.4 is 5.73 Å². The highest BCUT2D eigenvalue weighted by atomic mass is 32.1. The Morgan fingerprint density at radius 1 is 1.75 bits per heavy atom. The lowest BCUT2D eigenvalue weighted by molar-refractivity contribution is 0.208. The van der Waals surface area contributed by atoms with Crippen LogP contribution in [0.4, 0.5) is 0 Å². The van der Waals surface area contributed by atoms with Crippen LogP contribution >= 0.6 is 11.3 Å². The third-order valence-corrected chi connectivity index (χ3v) is 2.71. The smallest absolute Gasteiger partial charge is 0.0797 e. The van der Waals surface area contributed by atoms with Gasteiger partial charge in [-0.1, -0.05) is 0 Å². The second-order valence-electron chi connectivity index (χ2n) is 3.35. The molecule has 0 aliphatic heterocycles. The predicted molar refractivity (Wildman–Crippen MR) is 50.2 cm³/mol. The minimum atomic E-state index is -0.517. The number of aryl methyl sites for hydroxylation is 1. The molecule has 1 rings (SSSR count). The highest BCUT2D eigenvalue weighted by Gasteiger charge is 2.19. The van der Waals surface area contributed by atoms with Gasteiger partial charge in [0.25, 0.3) is 0 Å². The molecule has 1 aromatic heterocycles. The molecule has 0 saturated heterocycles. The first-order chi connectivity index (χ1) is 5.55. The van der Waals surface area contributed by atoms with Gasteiger partial charge in [-0.25, -0.2) is 4.98 Å². The van der Waals surface area contributed by atoms with E-state index >= 15 is 0 Å². The lowest BCUT2D eigenvalue weighted by atomic mass is 9.99. The van der Waals surface area contributed by atoms with E-state index in [2.05, 4.69) is 4.98 Å². The van der Waals surface area contributed by atoms with Crippen LogP contribution in [0.5, 0.6) is 0 Å². The van der Waals surface area contributed by atoms with Crippen molar-refractivity contribution in [3.8, 4) is 0 Å². The van der Waals surface area contributed by atoms with Crippen molar-refractivity contribution in [3.63, 3.8) is 0 Å². The summed E-state index contributed by atoms with van der Waals surface area (Å²) in [4.78, 5) is 5.28. The maximum atomic E-state index is 8.94. The standard InChI is InChI=1S/C8H14N2OS/c1-6-7(12-5-10-6)3-8(2,9)4-11/h5,11H,3-4,9H2,1-2H3. The van der Waals surface area contributed by atoms with E-state index in [1.165, 1.54) is 0 Å². The van der Waals surface area contributed by atoms with Gasteiger partial charge in [0.2, 0.25) is 0 Å². The first-order valence-electron chi connectivity index (χ1n) is 3.84. The fraction of sp³-hybridized carbons (Fsp3) is 0.625. The van der Waals surface area contributed by atoms with Crippen LogP contribution in [0, 0.1) is 6.92 Å². The number of aliphatic hydroxyl groups excluding tert-OH is 1. The topological polar surface area (TPSA) is 59.1 Å². The molecule has 0 radical (unpaired) electrons. The van der Waals surface area contributed by atoms with Crippen LogP contribution in [0.1, 0.15) is 17.5 Å². The van der Waals surface area contributed by atoms with Gasteiger partial charge in [0, 0.05) is 16.8 Å². The van der Waals surface area contributed by atoms with Gasteiger partial charge >= 0.3 is 0 Å². The molecule has 0 spiro atoms. The van der Waals surface area contributed by atoms with Crippen molar-refractivity contribution in [3.05, 3.63) is 16.1 Å². The average molecular weight is 186 g/mol. The third-order valence-electron chi connectivity index (χ3n) is 1.77. The molecule has 3 nitrogen and oxygen atoms in total. The second-order valence-corrected chi connectivity index (χ2v) is 4.29. The molecule has 0 aliphatic rings.